The van der Waals surface area contributed by atoms with Crippen molar-refractivity contribution in [2.75, 3.05) is 7.11 Å². The molecule has 0 spiro atoms. The maximum absolute atomic E-state index is 13.0. The first kappa shape index (κ1) is 22.3. The Labute approximate surface area is 208 Å². The number of benzene rings is 2. The van der Waals surface area contributed by atoms with Gasteiger partial charge in [-0.25, -0.2) is 0 Å². The van der Waals surface area contributed by atoms with Crippen LogP contribution in [0, 0.1) is 0 Å². The summed E-state index contributed by atoms with van der Waals surface area (Å²) < 4.78 is 8.05. The van der Waals surface area contributed by atoms with Crippen molar-refractivity contribution in [1.82, 2.24) is 9.88 Å². The highest BCUT2D eigenvalue weighted by Crippen LogP contribution is 2.46. The highest BCUT2D eigenvalue weighted by molar-refractivity contribution is 7.15. The Morgan fingerprint density at radius 2 is 1.97 bits per heavy atom. The smallest absolute Gasteiger partial charge is 0.200 e. The molecule has 35 heavy (non-hydrogen) atoms. The fourth-order valence-electron chi connectivity index (χ4n) is 5.30. The van der Waals surface area contributed by atoms with E-state index in [-0.39, 0.29) is 11.0 Å². The molecule has 1 atom stereocenters. The third-order valence-corrected chi connectivity index (χ3v) is 8.46. The van der Waals surface area contributed by atoms with Gasteiger partial charge >= 0.3 is 0 Å². The minimum Gasteiger partial charge on any atom is -0.494 e. The number of hydrogen-bond donors (Lipinski definition) is 1. The molecule has 6 heteroatoms. The van der Waals surface area contributed by atoms with Gasteiger partial charge in [0.05, 0.1) is 23.6 Å². The van der Waals surface area contributed by atoms with Crippen molar-refractivity contribution in [1.29, 1.82) is 0 Å². The summed E-state index contributed by atoms with van der Waals surface area (Å²) in [6, 6.07) is 17.3. The lowest BCUT2D eigenvalue weighted by Gasteiger charge is -2.23. The van der Waals surface area contributed by atoms with Crippen molar-refractivity contribution in [2.45, 2.75) is 50.7 Å². The Hall–Kier alpha value is -3.22. The molecular weight excluding hydrogens is 456 g/mol. The van der Waals surface area contributed by atoms with Gasteiger partial charge in [-0.2, -0.15) is 0 Å². The van der Waals surface area contributed by atoms with Crippen molar-refractivity contribution in [3.05, 3.63) is 86.5 Å². The first-order valence-electron chi connectivity index (χ1n) is 12.3. The van der Waals surface area contributed by atoms with Gasteiger partial charge in [0.25, 0.3) is 0 Å². The third-order valence-electron chi connectivity index (χ3n) is 7.22. The minimum absolute atomic E-state index is 0.207. The van der Waals surface area contributed by atoms with E-state index in [2.05, 4.69) is 40.2 Å². The molecule has 2 aromatic heterocycles. The second-order valence-corrected chi connectivity index (χ2v) is 10.6. The molecule has 1 fully saturated rings. The lowest BCUT2D eigenvalue weighted by molar-refractivity contribution is 0.112. The maximum atomic E-state index is 13.0. The van der Waals surface area contributed by atoms with Crippen molar-refractivity contribution in [3.8, 4) is 16.2 Å². The maximum Gasteiger partial charge on any atom is 0.200 e. The molecule has 0 aliphatic heterocycles. The van der Waals surface area contributed by atoms with Crippen molar-refractivity contribution in [3.63, 3.8) is 0 Å². The largest absolute Gasteiger partial charge is 0.494 e. The summed E-state index contributed by atoms with van der Waals surface area (Å²) in [5.41, 5.74) is 4.46. The normalized spacial score (nSPS) is 17.3. The second-order valence-electron chi connectivity index (χ2n) is 9.51. The summed E-state index contributed by atoms with van der Waals surface area (Å²) >= 11 is 1.83. The van der Waals surface area contributed by atoms with E-state index in [0.29, 0.717) is 23.8 Å². The van der Waals surface area contributed by atoms with Crippen LogP contribution < -0.4 is 15.5 Å². The Morgan fingerprint density at radius 3 is 2.71 bits per heavy atom. The number of carbonyl (C=O) groups is 1. The molecule has 2 heterocycles. The van der Waals surface area contributed by atoms with Crippen LogP contribution >= 0.6 is 11.3 Å². The summed E-state index contributed by atoms with van der Waals surface area (Å²) in [7, 11) is 1.67. The van der Waals surface area contributed by atoms with Gasteiger partial charge in [0.1, 0.15) is 0 Å². The number of aryl methyl sites for hydroxylation is 1. The van der Waals surface area contributed by atoms with Crippen LogP contribution in [0.1, 0.15) is 64.1 Å². The molecule has 2 aliphatic rings. The Morgan fingerprint density at radius 1 is 1.14 bits per heavy atom. The van der Waals surface area contributed by atoms with E-state index in [1.807, 2.05) is 29.5 Å². The standard InChI is InChI=1S/C29H28N2O3S/c1-34-29-21(12-13-22-27(29)31(20-10-11-20)16-19(17-32)28(22)33)26-14-23-24(8-5-9-25(23)35-26)30-15-18-6-3-2-4-7-18/h2-4,6-7,12-14,16-17,20,24,30H,5,8-11,15H2,1H3. The number of aromatic nitrogens is 1. The van der Waals surface area contributed by atoms with Gasteiger partial charge in [0, 0.05) is 40.1 Å². The average Bonchev–Trinajstić information content (AvgIpc) is 3.65. The minimum atomic E-state index is -0.229. The third kappa shape index (κ3) is 4.01. The van der Waals surface area contributed by atoms with Crippen LogP contribution in [0.15, 0.2) is 59.5 Å². The zero-order chi connectivity index (χ0) is 23.9. The molecular formula is C29H28N2O3S. The fraction of sp³-hybridized carbons (Fsp3) is 0.310. The lowest BCUT2D eigenvalue weighted by Crippen LogP contribution is -2.23. The van der Waals surface area contributed by atoms with Crippen LogP contribution in [0.4, 0.5) is 0 Å². The van der Waals surface area contributed by atoms with Gasteiger partial charge in [0.15, 0.2) is 17.5 Å². The van der Waals surface area contributed by atoms with Crippen molar-refractivity contribution >= 4 is 28.5 Å². The highest BCUT2D eigenvalue weighted by atomic mass is 32.1. The van der Waals surface area contributed by atoms with E-state index in [9.17, 15) is 9.59 Å². The van der Waals surface area contributed by atoms with Crippen LogP contribution in [0.3, 0.4) is 0 Å². The summed E-state index contributed by atoms with van der Waals surface area (Å²) in [4.78, 5) is 27.1. The van der Waals surface area contributed by atoms with Crippen molar-refractivity contribution in [2.24, 2.45) is 0 Å². The SMILES string of the molecule is COc1c(-c2cc3c(s2)CCCC3NCc2ccccc2)ccc2c(=O)c(C=O)cn(C3CC3)c12. The predicted octanol–water partition coefficient (Wildman–Crippen LogP) is 6.05. The van der Waals surface area contributed by atoms with Gasteiger partial charge in [-0.05, 0) is 61.4 Å². The van der Waals surface area contributed by atoms with Gasteiger partial charge in [-0.1, -0.05) is 30.3 Å². The molecule has 0 radical (unpaired) electrons. The first-order valence-corrected chi connectivity index (χ1v) is 13.1. The van der Waals surface area contributed by atoms with Gasteiger partial charge < -0.3 is 14.6 Å². The second kappa shape index (κ2) is 9.10. The van der Waals surface area contributed by atoms with Gasteiger partial charge in [-0.3, -0.25) is 9.59 Å². The number of thiophene rings is 1. The number of nitrogens with one attached hydrogen (secondary N) is 1. The van der Waals surface area contributed by atoms with E-state index in [1.54, 1.807) is 13.3 Å². The van der Waals surface area contributed by atoms with Gasteiger partial charge in [0.2, 0.25) is 0 Å². The summed E-state index contributed by atoms with van der Waals surface area (Å²) in [6.07, 6.45) is 7.86. The van der Waals surface area contributed by atoms with Crippen molar-refractivity contribution < 1.29 is 9.53 Å². The van der Waals surface area contributed by atoms with E-state index < -0.39 is 0 Å². The molecule has 2 aliphatic carbocycles. The van der Waals surface area contributed by atoms with E-state index in [0.717, 1.165) is 53.9 Å². The molecule has 5 nitrogen and oxygen atoms in total. The molecule has 4 aromatic rings. The first-order chi connectivity index (χ1) is 17.2. The van der Waals surface area contributed by atoms with Crippen LogP contribution in [0.25, 0.3) is 21.3 Å². The summed E-state index contributed by atoms with van der Waals surface area (Å²) in [6.45, 7) is 0.849. The number of carbonyl (C=O) groups excluding carboxylic acids is 1. The van der Waals surface area contributed by atoms with Crippen LogP contribution in [-0.4, -0.2) is 18.0 Å². The molecule has 1 unspecified atom stereocenters. The number of rotatable bonds is 7. The van der Waals surface area contributed by atoms with Crippen LogP contribution in [0.2, 0.25) is 0 Å². The number of fused-ring (bicyclic) bond motifs is 2. The van der Waals surface area contributed by atoms with E-state index in [1.165, 1.54) is 22.4 Å². The molecule has 1 N–H and O–H groups in total. The summed E-state index contributed by atoms with van der Waals surface area (Å²) in [5, 5.41) is 4.31. The Bertz CT molecular complexity index is 1470. The zero-order valence-electron chi connectivity index (χ0n) is 19.8. The van der Waals surface area contributed by atoms with Crippen LogP contribution in [-0.2, 0) is 13.0 Å². The number of nitrogens with zero attached hydrogens (tertiary/aromatic N) is 1. The number of aldehydes is 1. The molecule has 1 saturated carbocycles. The number of methoxy groups -OCH3 is 1. The quantitative estimate of drug-likeness (QED) is 0.324. The molecule has 0 amide bonds. The molecule has 2 aromatic carbocycles. The highest BCUT2D eigenvalue weighted by Gasteiger charge is 2.29. The predicted molar refractivity (Wildman–Crippen MR) is 141 cm³/mol. The van der Waals surface area contributed by atoms with E-state index >= 15 is 0 Å². The number of pyridine rings is 1. The topological polar surface area (TPSA) is 60.3 Å². The lowest BCUT2D eigenvalue weighted by atomic mass is 9.93. The van der Waals surface area contributed by atoms with Crippen LogP contribution in [0.5, 0.6) is 5.75 Å². The average molecular weight is 485 g/mol. The monoisotopic (exact) mass is 484 g/mol. The van der Waals surface area contributed by atoms with Gasteiger partial charge in [-0.15, -0.1) is 11.3 Å². The Kier molecular flexibility index (Phi) is 5.78. The zero-order valence-corrected chi connectivity index (χ0v) is 20.6. The molecule has 0 bridgehead atoms. The summed E-state index contributed by atoms with van der Waals surface area (Å²) in [5.74, 6) is 0.719. The molecule has 0 saturated heterocycles. The molecule has 6 rings (SSSR count). The number of hydrogen-bond acceptors (Lipinski definition) is 5. The Balaban J connectivity index is 1.42. The fourth-order valence-corrected chi connectivity index (χ4v) is 6.59. The molecule has 178 valence electrons. The number of ether oxygens (including phenoxy) is 1. The van der Waals surface area contributed by atoms with E-state index in [4.69, 9.17) is 4.74 Å².